The molecule has 0 spiro atoms. The molecule has 5 rings (SSSR count). The maximum atomic E-state index is 13.4. The molecule has 5 heteroatoms. The number of hydrogen-bond donors (Lipinski definition) is 2. The van der Waals surface area contributed by atoms with Crippen LogP contribution in [0.25, 0.3) is 0 Å². The Balaban J connectivity index is 1.64. The highest BCUT2D eigenvalue weighted by molar-refractivity contribution is 5.94. The maximum absolute atomic E-state index is 13.4. The first-order chi connectivity index (χ1) is 14.1. The number of methoxy groups -OCH3 is 1. The zero-order chi connectivity index (χ0) is 20.1. The van der Waals surface area contributed by atoms with Gasteiger partial charge in [0.1, 0.15) is 5.75 Å². The largest absolute Gasteiger partial charge is 0.497 e. The number of rotatable bonds is 2. The molecule has 2 aliphatic heterocycles. The Labute approximate surface area is 171 Å². The highest BCUT2D eigenvalue weighted by Crippen LogP contribution is 2.55. The Morgan fingerprint density at radius 3 is 2.72 bits per heavy atom. The third-order valence-corrected chi connectivity index (χ3v) is 7.47. The molecule has 3 atom stereocenters. The van der Waals surface area contributed by atoms with Crippen molar-refractivity contribution < 1.29 is 14.6 Å². The van der Waals surface area contributed by atoms with Crippen molar-refractivity contribution in [2.45, 2.75) is 42.7 Å². The number of fused-ring (bicyclic) bond motifs is 1. The molecule has 1 aliphatic carbocycles. The zero-order valence-electron chi connectivity index (χ0n) is 16.9. The van der Waals surface area contributed by atoms with E-state index in [9.17, 15) is 9.90 Å². The van der Waals surface area contributed by atoms with Crippen LogP contribution in [0.2, 0.25) is 0 Å². The molecule has 2 aromatic carbocycles. The molecule has 152 valence electrons. The fourth-order valence-corrected chi connectivity index (χ4v) is 6.00. The number of carbonyl (C=O) groups excluding carboxylic acids is 1. The summed E-state index contributed by atoms with van der Waals surface area (Å²) in [5, 5.41) is 15.7. The number of carbonyl (C=O) groups is 1. The molecule has 0 aromatic heterocycles. The van der Waals surface area contributed by atoms with Gasteiger partial charge in [-0.05, 0) is 74.2 Å². The molecule has 29 heavy (non-hydrogen) atoms. The minimum atomic E-state index is -0.946. The van der Waals surface area contributed by atoms with Crippen LogP contribution in [0.4, 0.5) is 0 Å². The van der Waals surface area contributed by atoms with E-state index < -0.39 is 5.60 Å². The van der Waals surface area contributed by atoms with Crippen molar-refractivity contribution in [3.8, 4) is 5.75 Å². The molecule has 2 saturated heterocycles. The van der Waals surface area contributed by atoms with Gasteiger partial charge in [0.2, 0.25) is 0 Å². The first-order valence-electron chi connectivity index (χ1n) is 10.6. The number of nitrogens with zero attached hydrogens (tertiary/aromatic N) is 1. The lowest BCUT2D eigenvalue weighted by Gasteiger charge is -2.61. The van der Waals surface area contributed by atoms with Crippen LogP contribution in [0.15, 0.2) is 48.5 Å². The Hall–Kier alpha value is -2.37. The molecule has 1 amide bonds. The predicted molar refractivity (Wildman–Crippen MR) is 111 cm³/mol. The number of hydrogen-bond acceptors (Lipinski definition) is 4. The topological polar surface area (TPSA) is 61.8 Å². The fraction of sp³-hybridized carbons (Fsp3) is 0.458. The molecular formula is C24H28N2O3. The normalized spacial score (nSPS) is 30.7. The van der Waals surface area contributed by atoms with Gasteiger partial charge in [0, 0.05) is 17.5 Å². The third kappa shape index (κ3) is 2.64. The van der Waals surface area contributed by atoms with Gasteiger partial charge in [-0.3, -0.25) is 4.79 Å². The summed E-state index contributed by atoms with van der Waals surface area (Å²) < 4.78 is 5.51. The second-order valence-electron chi connectivity index (χ2n) is 8.61. The van der Waals surface area contributed by atoms with Crippen LogP contribution in [0.1, 0.15) is 40.7 Å². The number of amides is 1. The van der Waals surface area contributed by atoms with Crippen molar-refractivity contribution in [2.24, 2.45) is 0 Å². The van der Waals surface area contributed by atoms with Crippen LogP contribution in [-0.2, 0) is 11.8 Å². The molecule has 0 unspecified atom stereocenters. The predicted octanol–water partition coefficient (Wildman–Crippen LogP) is 2.52. The van der Waals surface area contributed by atoms with E-state index in [2.05, 4.69) is 17.4 Å². The molecule has 2 bridgehead atoms. The molecule has 2 aromatic rings. The Kier molecular flexibility index (Phi) is 4.41. The molecular weight excluding hydrogens is 364 g/mol. The number of benzene rings is 2. The Morgan fingerprint density at radius 2 is 1.93 bits per heavy atom. The maximum Gasteiger partial charge on any atom is 0.254 e. The van der Waals surface area contributed by atoms with Crippen molar-refractivity contribution in [1.29, 1.82) is 0 Å². The summed E-state index contributed by atoms with van der Waals surface area (Å²) >= 11 is 0. The van der Waals surface area contributed by atoms with E-state index >= 15 is 0 Å². The highest BCUT2D eigenvalue weighted by atomic mass is 16.5. The van der Waals surface area contributed by atoms with Crippen molar-refractivity contribution >= 4 is 5.91 Å². The van der Waals surface area contributed by atoms with E-state index in [4.69, 9.17) is 4.74 Å². The van der Waals surface area contributed by atoms with Gasteiger partial charge >= 0.3 is 0 Å². The second-order valence-corrected chi connectivity index (χ2v) is 8.61. The molecule has 3 aliphatic rings. The van der Waals surface area contributed by atoms with E-state index in [-0.39, 0.29) is 17.4 Å². The van der Waals surface area contributed by atoms with E-state index in [1.54, 1.807) is 7.11 Å². The molecule has 2 heterocycles. The van der Waals surface area contributed by atoms with Crippen LogP contribution in [0.3, 0.4) is 0 Å². The van der Waals surface area contributed by atoms with Crippen molar-refractivity contribution in [2.75, 3.05) is 26.7 Å². The molecule has 5 nitrogen and oxygen atoms in total. The smallest absolute Gasteiger partial charge is 0.254 e. The lowest BCUT2D eigenvalue weighted by atomic mass is 9.52. The number of piperidine rings is 1. The van der Waals surface area contributed by atoms with Crippen molar-refractivity contribution in [1.82, 2.24) is 10.2 Å². The van der Waals surface area contributed by atoms with Crippen LogP contribution in [0.5, 0.6) is 5.75 Å². The minimum absolute atomic E-state index is 0.0202. The van der Waals surface area contributed by atoms with Crippen LogP contribution in [0, 0.1) is 0 Å². The van der Waals surface area contributed by atoms with Crippen LogP contribution >= 0.6 is 0 Å². The Bertz CT molecular complexity index is 931. The SMILES string of the molecule is COc1ccc2c(c1)[C@@]13CCNCC[C@@]1(O)[C@@H](C2)N(C(=O)c1ccccc1)CC3. The van der Waals surface area contributed by atoms with Gasteiger partial charge in [-0.15, -0.1) is 0 Å². The number of nitrogens with one attached hydrogen (secondary N) is 1. The van der Waals surface area contributed by atoms with Crippen molar-refractivity contribution in [3.05, 3.63) is 65.2 Å². The summed E-state index contributed by atoms with van der Waals surface area (Å²) in [5.41, 5.74) is 1.84. The zero-order valence-corrected chi connectivity index (χ0v) is 16.9. The summed E-state index contributed by atoms with van der Waals surface area (Å²) in [6, 6.07) is 15.5. The lowest BCUT2D eigenvalue weighted by Crippen LogP contribution is -2.72. The van der Waals surface area contributed by atoms with Gasteiger partial charge in [0.05, 0.1) is 18.8 Å². The highest BCUT2D eigenvalue weighted by Gasteiger charge is 2.63. The summed E-state index contributed by atoms with van der Waals surface area (Å²) in [6.07, 6.45) is 2.96. The molecule has 0 radical (unpaired) electrons. The third-order valence-electron chi connectivity index (χ3n) is 7.47. The molecule has 2 N–H and O–H groups in total. The minimum Gasteiger partial charge on any atom is -0.497 e. The average molecular weight is 392 g/mol. The monoisotopic (exact) mass is 392 g/mol. The lowest BCUT2D eigenvalue weighted by molar-refractivity contribution is -0.137. The van der Waals surface area contributed by atoms with Gasteiger partial charge < -0.3 is 20.1 Å². The summed E-state index contributed by atoms with van der Waals surface area (Å²) in [7, 11) is 1.69. The summed E-state index contributed by atoms with van der Waals surface area (Å²) in [6.45, 7) is 2.30. The van der Waals surface area contributed by atoms with Gasteiger partial charge in [-0.25, -0.2) is 0 Å². The number of likely N-dealkylation sites (tertiary alicyclic amines) is 1. The fourth-order valence-electron chi connectivity index (χ4n) is 6.00. The van der Waals surface area contributed by atoms with Gasteiger partial charge in [0.25, 0.3) is 5.91 Å². The Morgan fingerprint density at radius 1 is 1.14 bits per heavy atom. The molecule has 2 fully saturated rings. The second kappa shape index (κ2) is 6.85. The van der Waals surface area contributed by atoms with Crippen LogP contribution < -0.4 is 10.1 Å². The average Bonchev–Trinajstić information content (AvgIpc) is 2.94. The van der Waals surface area contributed by atoms with Gasteiger partial charge in [-0.2, -0.15) is 0 Å². The van der Waals surface area contributed by atoms with E-state index in [0.717, 1.165) is 31.7 Å². The van der Waals surface area contributed by atoms with Crippen LogP contribution in [-0.4, -0.2) is 54.3 Å². The first kappa shape index (κ1) is 18.6. The van der Waals surface area contributed by atoms with E-state index in [1.165, 1.54) is 11.1 Å². The van der Waals surface area contributed by atoms with E-state index in [0.29, 0.717) is 24.9 Å². The summed E-state index contributed by atoms with van der Waals surface area (Å²) in [5.74, 6) is 0.853. The quantitative estimate of drug-likeness (QED) is 0.825. The van der Waals surface area contributed by atoms with Gasteiger partial charge in [0.15, 0.2) is 0 Å². The van der Waals surface area contributed by atoms with Gasteiger partial charge in [-0.1, -0.05) is 24.3 Å². The number of aliphatic hydroxyl groups is 1. The number of ether oxygens (including phenoxy) is 1. The molecule has 0 saturated carbocycles. The van der Waals surface area contributed by atoms with E-state index in [1.807, 2.05) is 41.3 Å². The summed E-state index contributed by atoms with van der Waals surface area (Å²) in [4.78, 5) is 15.3. The van der Waals surface area contributed by atoms with Crippen molar-refractivity contribution in [3.63, 3.8) is 0 Å². The first-order valence-corrected chi connectivity index (χ1v) is 10.6. The standard InChI is InChI=1S/C24H28N2O3/c1-29-19-8-7-18-15-21-24(28)10-13-25-12-9-23(24,20(18)16-19)11-14-26(21)22(27)17-5-3-2-4-6-17/h2-8,16,21,25,28H,9-15H2,1H3/t21-,23+,24-/m1/s1.